The van der Waals surface area contributed by atoms with Crippen molar-refractivity contribution in [1.29, 1.82) is 0 Å². The number of aliphatic hydroxyl groups is 1. The molecule has 2 nitrogen and oxygen atoms in total. The van der Waals surface area contributed by atoms with E-state index in [2.05, 4.69) is 6.92 Å². The zero-order valence-electron chi connectivity index (χ0n) is 7.84. The van der Waals surface area contributed by atoms with E-state index in [1.165, 1.54) is 0 Å². The Labute approximate surface area is 69.6 Å². The van der Waals surface area contributed by atoms with Crippen molar-refractivity contribution in [2.75, 3.05) is 6.61 Å². The summed E-state index contributed by atoms with van der Waals surface area (Å²) >= 11 is 0. The van der Waals surface area contributed by atoms with Crippen LogP contribution in [0.4, 0.5) is 0 Å². The number of aliphatic hydroxyl groups excluding tert-OH is 1. The van der Waals surface area contributed by atoms with Crippen LogP contribution in [0.1, 0.15) is 40.0 Å². The topological polar surface area (TPSA) is 29.5 Å². The molecule has 0 aliphatic rings. The number of ether oxygens (including phenoxy) is 1. The van der Waals surface area contributed by atoms with E-state index in [0.717, 1.165) is 19.3 Å². The lowest BCUT2D eigenvalue weighted by atomic mass is 10.2. The van der Waals surface area contributed by atoms with Gasteiger partial charge in [0.05, 0.1) is 18.8 Å². The minimum absolute atomic E-state index is 0.0509. The molecule has 0 spiro atoms. The van der Waals surface area contributed by atoms with Crippen molar-refractivity contribution >= 4 is 0 Å². The third-order valence-corrected chi connectivity index (χ3v) is 1.55. The Bertz CT molecular complexity index is 81.6. The molecule has 0 aromatic rings. The molecule has 0 fully saturated rings. The number of hydrogen-bond acceptors (Lipinski definition) is 2. The summed E-state index contributed by atoms with van der Waals surface area (Å²) in [6.07, 6.45) is 3.56. The van der Waals surface area contributed by atoms with Crippen LogP contribution in [0.5, 0.6) is 0 Å². The molecule has 1 atom stereocenters. The Morgan fingerprint density at radius 2 is 2.00 bits per heavy atom. The fourth-order valence-corrected chi connectivity index (χ4v) is 1.02. The Balaban J connectivity index is 3.41. The van der Waals surface area contributed by atoms with Gasteiger partial charge < -0.3 is 9.84 Å². The third kappa shape index (κ3) is 6.32. The van der Waals surface area contributed by atoms with Crippen LogP contribution in [0.25, 0.3) is 0 Å². The van der Waals surface area contributed by atoms with Gasteiger partial charge >= 0.3 is 0 Å². The number of hydrogen-bond donors (Lipinski definition) is 1. The third-order valence-electron chi connectivity index (χ3n) is 1.55. The van der Waals surface area contributed by atoms with Gasteiger partial charge in [-0.05, 0) is 20.3 Å². The van der Waals surface area contributed by atoms with Gasteiger partial charge in [0.25, 0.3) is 0 Å². The maximum absolute atomic E-state index is 8.88. The van der Waals surface area contributed by atoms with E-state index in [1.54, 1.807) is 0 Å². The Hall–Kier alpha value is -0.0800. The summed E-state index contributed by atoms with van der Waals surface area (Å²) in [4.78, 5) is 0. The molecule has 0 bridgehead atoms. The molecule has 11 heavy (non-hydrogen) atoms. The van der Waals surface area contributed by atoms with Crippen molar-refractivity contribution in [2.45, 2.75) is 52.2 Å². The lowest BCUT2D eigenvalue weighted by Crippen LogP contribution is -2.21. The van der Waals surface area contributed by atoms with Crippen LogP contribution >= 0.6 is 0 Å². The van der Waals surface area contributed by atoms with E-state index < -0.39 is 0 Å². The van der Waals surface area contributed by atoms with Gasteiger partial charge in [0.1, 0.15) is 0 Å². The first-order valence-electron chi connectivity index (χ1n) is 4.47. The molecule has 0 aliphatic carbocycles. The molecule has 0 saturated heterocycles. The Morgan fingerprint density at radius 3 is 2.36 bits per heavy atom. The minimum atomic E-state index is 0.0509. The number of rotatable bonds is 6. The van der Waals surface area contributed by atoms with Crippen molar-refractivity contribution in [2.24, 2.45) is 0 Å². The van der Waals surface area contributed by atoms with Gasteiger partial charge in [-0.1, -0.05) is 19.8 Å². The van der Waals surface area contributed by atoms with Gasteiger partial charge in [-0.2, -0.15) is 0 Å². The molecule has 0 amide bonds. The number of unbranched alkanes of at least 4 members (excludes halogenated alkanes) is 1. The lowest BCUT2D eigenvalue weighted by molar-refractivity contribution is -0.0279. The maximum atomic E-state index is 8.88. The second kappa shape index (κ2) is 6.62. The summed E-state index contributed by atoms with van der Waals surface area (Å²) in [5, 5.41) is 8.88. The van der Waals surface area contributed by atoms with Crippen LogP contribution in [0.2, 0.25) is 0 Å². The smallest absolute Gasteiger partial charge is 0.0809 e. The van der Waals surface area contributed by atoms with Gasteiger partial charge in [-0.3, -0.25) is 0 Å². The van der Waals surface area contributed by atoms with E-state index in [1.807, 2.05) is 13.8 Å². The van der Waals surface area contributed by atoms with Gasteiger partial charge in [0.15, 0.2) is 0 Å². The normalized spacial score (nSPS) is 13.9. The van der Waals surface area contributed by atoms with Crippen molar-refractivity contribution < 1.29 is 9.84 Å². The molecule has 0 saturated carbocycles. The summed E-state index contributed by atoms with van der Waals surface area (Å²) < 4.78 is 5.45. The van der Waals surface area contributed by atoms with Gasteiger partial charge in [-0.25, -0.2) is 0 Å². The van der Waals surface area contributed by atoms with E-state index in [-0.39, 0.29) is 18.8 Å². The van der Waals surface area contributed by atoms with E-state index in [0.29, 0.717) is 0 Å². The minimum Gasteiger partial charge on any atom is -0.394 e. The van der Waals surface area contributed by atoms with E-state index >= 15 is 0 Å². The first kappa shape index (κ1) is 10.9. The molecule has 0 aromatic heterocycles. The van der Waals surface area contributed by atoms with E-state index in [4.69, 9.17) is 9.84 Å². The van der Waals surface area contributed by atoms with Crippen molar-refractivity contribution in [3.8, 4) is 0 Å². The van der Waals surface area contributed by atoms with Crippen LogP contribution in [-0.4, -0.2) is 23.9 Å². The zero-order chi connectivity index (χ0) is 8.69. The standard InChI is InChI=1S/C9H20O2/c1-4-5-6-9(7-10)11-8(2)3/h8-10H,4-7H2,1-3H3. The summed E-state index contributed by atoms with van der Waals surface area (Å²) in [7, 11) is 0. The van der Waals surface area contributed by atoms with Crippen LogP contribution in [-0.2, 0) is 4.74 Å². The van der Waals surface area contributed by atoms with Crippen LogP contribution < -0.4 is 0 Å². The fourth-order valence-electron chi connectivity index (χ4n) is 1.02. The average Bonchev–Trinajstić information content (AvgIpc) is 1.97. The monoisotopic (exact) mass is 160 g/mol. The molecule has 0 aromatic carbocycles. The highest BCUT2D eigenvalue weighted by atomic mass is 16.5. The van der Waals surface area contributed by atoms with Gasteiger partial charge in [0, 0.05) is 0 Å². The summed E-state index contributed by atoms with van der Waals surface area (Å²) in [6.45, 7) is 6.28. The quantitative estimate of drug-likeness (QED) is 0.643. The molecule has 0 heterocycles. The first-order chi connectivity index (χ1) is 5.20. The van der Waals surface area contributed by atoms with Crippen molar-refractivity contribution in [3.63, 3.8) is 0 Å². The van der Waals surface area contributed by atoms with Crippen LogP contribution in [0, 0.1) is 0 Å². The molecule has 1 unspecified atom stereocenters. The second-order valence-electron chi connectivity index (χ2n) is 3.13. The molecular weight excluding hydrogens is 140 g/mol. The Kier molecular flexibility index (Phi) is 6.57. The van der Waals surface area contributed by atoms with Crippen molar-refractivity contribution in [1.82, 2.24) is 0 Å². The summed E-state index contributed by atoms with van der Waals surface area (Å²) in [6, 6.07) is 0. The van der Waals surface area contributed by atoms with Crippen LogP contribution in [0.15, 0.2) is 0 Å². The highest BCUT2D eigenvalue weighted by molar-refractivity contribution is 4.56. The largest absolute Gasteiger partial charge is 0.394 e. The summed E-state index contributed by atoms with van der Waals surface area (Å²) in [5.41, 5.74) is 0. The second-order valence-corrected chi connectivity index (χ2v) is 3.13. The molecular formula is C9H20O2. The van der Waals surface area contributed by atoms with Crippen LogP contribution in [0.3, 0.4) is 0 Å². The predicted molar refractivity (Wildman–Crippen MR) is 46.6 cm³/mol. The highest BCUT2D eigenvalue weighted by Crippen LogP contribution is 2.06. The van der Waals surface area contributed by atoms with E-state index in [9.17, 15) is 0 Å². The molecule has 0 rings (SSSR count). The highest BCUT2D eigenvalue weighted by Gasteiger charge is 2.07. The van der Waals surface area contributed by atoms with Gasteiger partial charge in [0.2, 0.25) is 0 Å². The predicted octanol–water partition coefficient (Wildman–Crippen LogP) is 1.96. The maximum Gasteiger partial charge on any atom is 0.0809 e. The van der Waals surface area contributed by atoms with Gasteiger partial charge in [-0.15, -0.1) is 0 Å². The molecule has 1 N–H and O–H groups in total. The summed E-state index contributed by atoms with van der Waals surface area (Å²) in [5.74, 6) is 0. The van der Waals surface area contributed by atoms with Crippen molar-refractivity contribution in [3.05, 3.63) is 0 Å². The lowest BCUT2D eigenvalue weighted by Gasteiger charge is -2.17. The first-order valence-corrected chi connectivity index (χ1v) is 4.47. The fraction of sp³-hybridized carbons (Fsp3) is 1.00. The molecule has 0 aliphatic heterocycles. The SMILES string of the molecule is CCCCC(CO)OC(C)C. The molecule has 0 radical (unpaired) electrons. The molecule has 2 heteroatoms. The Morgan fingerprint density at radius 1 is 1.36 bits per heavy atom. The zero-order valence-corrected chi connectivity index (χ0v) is 7.84. The average molecular weight is 160 g/mol. The molecule has 68 valence electrons.